The van der Waals surface area contributed by atoms with E-state index in [2.05, 4.69) is 30.6 Å². The molecule has 0 aliphatic carbocycles. The molecule has 0 unspecified atom stereocenters. The zero-order valence-corrected chi connectivity index (χ0v) is 25.9. The number of carbonyl (C=O) groups is 2. The molecule has 3 N–H and O–H groups in total. The SMILES string of the molecule is COc1cnc2c(-c3nc4cc(F)c(O[C@@H](C)[C@@H](C)OC(=O)Nc5ccnc(C(=O)NC[C@@H](C)O)c5)cc4s3)cc(C)cc2n1. The largest absolute Gasteiger partial charge is 0.484 e. The van der Waals surface area contributed by atoms with Gasteiger partial charge in [0.1, 0.15) is 22.9 Å². The lowest BCUT2D eigenvalue weighted by Crippen LogP contribution is -2.33. The number of benzene rings is 2. The number of ether oxygens (including phenoxy) is 3. The van der Waals surface area contributed by atoms with Crippen LogP contribution < -0.4 is 20.1 Å². The van der Waals surface area contributed by atoms with E-state index < -0.39 is 36.1 Å². The highest BCUT2D eigenvalue weighted by molar-refractivity contribution is 7.21. The number of aliphatic hydroxyl groups excluding tert-OH is 1. The summed E-state index contributed by atoms with van der Waals surface area (Å²) in [5.74, 6) is -0.726. The number of carbonyl (C=O) groups excluding carboxylic acids is 2. The zero-order chi connectivity index (χ0) is 32.2. The monoisotopic (exact) mass is 634 g/mol. The molecule has 2 aromatic carbocycles. The number of rotatable bonds is 10. The first-order valence-corrected chi connectivity index (χ1v) is 14.8. The molecule has 0 aliphatic rings. The van der Waals surface area contributed by atoms with Gasteiger partial charge in [0.05, 0.1) is 40.7 Å². The maximum atomic E-state index is 15.1. The molecule has 0 aliphatic heterocycles. The lowest BCUT2D eigenvalue weighted by Gasteiger charge is -2.22. The number of methoxy groups -OCH3 is 1. The van der Waals surface area contributed by atoms with Crippen LogP contribution in [0.4, 0.5) is 14.9 Å². The number of anilines is 1. The molecule has 0 fully saturated rings. The number of hydrogen-bond donors (Lipinski definition) is 3. The van der Waals surface area contributed by atoms with Gasteiger partial charge in [-0.2, -0.15) is 0 Å². The van der Waals surface area contributed by atoms with Crippen molar-refractivity contribution in [2.45, 2.75) is 46.0 Å². The van der Waals surface area contributed by atoms with Gasteiger partial charge in [0, 0.05) is 36.1 Å². The van der Waals surface area contributed by atoms with Crippen molar-refractivity contribution in [3.63, 3.8) is 0 Å². The second-order valence-electron chi connectivity index (χ2n) is 10.4. The second-order valence-corrected chi connectivity index (χ2v) is 11.4. The van der Waals surface area contributed by atoms with E-state index in [1.807, 2.05) is 19.1 Å². The molecule has 3 heterocycles. The van der Waals surface area contributed by atoms with Gasteiger partial charge in [0.15, 0.2) is 11.6 Å². The second kappa shape index (κ2) is 13.4. The van der Waals surface area contributed by atoms with Gasteiger partial charge in [-0.1, -0.05) is 0 Å². The van der Waals surface area contributed by atoms with E-state index in [9.17, 15) is 14.7 Å². The van der Waals surface area contributed by atoms with Gasteiger partial charge in [0.25, 0.3) is 5.91 Å². The molecule has 0 spiro atoms. The van der Waals surface area contributed by atoms with Crippen LogP contribution in [0.15, 0.2) is 48.8 Å². The van der Waals surface area contributed by atoms with E-state index in [0.29, 0.717) is 32.1 Å². The van der Waals surface area contributed by atoms with E-state index in [1.54, 1.807) is 26.1 Å². The molecule has 5 rings (SSSR count). The summed E-state index contributed by atoms with van der Waals surface area (Å²) < 4.78 is 32.4. The molecule has 2 amide bonds. The van der Waals surface area contributed by atoms with Crippen LogP contribution in [0.2, 0.25) is 0 Å². The van der Waals surface area contributed by atoms with Gasteiger partial charge in [-0.05, 0) is 57.5 Å². The van der Waals surface area contributed by atoms with Crippen molar-refractivity contribution in [3.05, 3.63) is 65.9 Å². The summed E-state index contributed by atoms with van der Waals surface area (Å²) in [5, 5.41) is 15.1. The van der Waals surface area contributed by atoms with E-state index in [4.69, 9.17) is 14.2 Å². The van der Waals surface area contributed by atoms with Crippen LogP contribution in [0.3, 0.4) is 0 Å². The minimum Gasteiger partial charge on any atom is -0.484 e. The molecule has 45 heavy (non-hydrogen) atoms. The number of pyridine rings is 1. The topological polar surface area (TPSA) is 158 Å². The Morgan fingerprint density at radius 1 is 1.04 bits per heavy atom. The molecule has 3 atom stereocenters. The smallest absolute Gasteiger partial charge is 0.412 e. The van der Waals surface area contributed by atoms with E-state index in [1.165, 1.54) is 49.8 Å². The van der Waals surface area contributed by atoms with Crippen molar-refractivity contribution >= 4 is 50.3 Å². The van der Waals surface area contributed by atoms with Crippen molar-refractivity contribution in [2.24, 2.45) is 0 Å². The standard InChI is InChI=1S/C31H31FN6O6S/c1-15-8-20(28-23(9-15)37-27(42-5)14-34-28)30-38-22-11-21(32)25(12-26(22)45-30)43-17(3)18(4)44-31(41)36-19-6-7-33-24(10-19)29(40)35-13-16(2)39/h6-12,14,16-18,39H,13H2,1-5H3,(H,35,40)(H,33,36,41)/t16-,17+,18-/m1/s1. The maximum Gasteiger partial charge on any atom is 0.412 e. The van der Waals surface area contributed by atoms with Gasteiger partial charge in [-0.25, -0.2) is 24.1 Å². The normalized spacial score (nSPS) is 13.2. The van der Waals surface area contributed by atoms with Crippen molar-refractivity contribution < 1.29 is 33.3 Å². The van der Waals surface area contributed by atoms with Crippen molar-refractivity contribution in [2.75, 3.05) is 19.0 Å². The molecule has 3 aromatic heterocycles. The predicted octanol–water partition coefficient (Wildman–Crippen LogP) is 5.27. The summed E-state index contributed by atoms with van der Waals surface area (Å²) in [6.45, 7) is 6.82. The van der Waals surface area contributed by atoms with Crippen molar-refractivity contribution in [1.82, 2.24) is 25.3 Å². The summed E-state index contributed by atoms with van der Waals surface area (Å²) in [4.78, 5) is 42.4. The number of aryl methyl sites for hydroxylation is 1. The number of aromatic nitrogens is 4. The summed E-state index contributed by atoms with van der Waals surface area (Å²) in [7, 11) is 1.53. The molecule has 0 bridgehead atoms. The molecular formula is C31H31FN6O6S. The van der Waals surface area contributed by atoms with Gasteiger partial charge in [-0.15, -0.1) is 11.3 Å². The first kappa shape index (κ1) is 31.5. The molecule has 0 radical (unpaired) electrons. The molecule has 0 saturated carbocycles. The van der Waals surface area contributed by atoms with E-state index in [0.717, 1.165) is 11.1 Å². The summed E-state index contributed by atoms with van der Waals surface area (Å²) in [5.41, 5.74) is 3.84. The van der Waals surface area contributed by atoms with E-state index in [-0.39, 0.29) is 23.7 Å². The molecule has 14 heteroatoms. The van der Waals surface area contributed by atoms with E-state index >= 15 is 4.39 Å². The first-order valence-electron chi connectivity index (χ1n) is 14.0. The van der Waals surface area contributed by atoms with Gasteiger partial charge >= 0.3 is 6.09 Å². The predicted molar refractivity (Wildman–Crippen MR) is 167 cm³/mol. The van der Waals surface area contributed by atoms with Crippen LogP contribution in [0.5, 0.6) is 11.6 Å². The third-order valence-electron chi connectivity index (χ3n) is 6.71. The molecule has 12 nitrogen and oxygen atoms in total. The average Bonchev–Trinajstić information content (AvgIpc) is 3.41. The minimum atomic E-state index is -0.798. The number of halogens is 1. The third-order valence-corrected chi connectivity index (χ3v) is 7.77. The van der Waals surface area contributed by atoms with Gasteiger partial charge in [-0.3, -0.25) is 15.1 Å². The number of amides is 2. The Morgan fingerprint density at radius 2 is 1.84 bits per heavy atom. The van der Waals surface area contributed by atoms with Crippen LogP contribution >= 0.6 is 11.3 Å². The van der Waals surface area contributed by atoms with Gasteiger partial charge < -0.3 is 24.6 Å². The Bertz CT molecular complexity index is 1880. The average molecular weight is 635 g/mol. The summed E-state index contributed by atoms with van der Waals surface area (Å²) in [6, 6.07) is 9.62. The molecule has 234 valence electrons. The number of nitrogens with one attached hydrogen (secondary N) is 2. The quantitative estimate of drug-likeness (QED) is 0.185. The highest BCUT2D eigenvalue weighted by atomic mass is 32.1. The fourth-order valence-corrected chi connectivity index (χ4v) is 5.31. The Hall–Kier alpha value is -4.95. The summed E-state index contributed by atoms with van der Waals surface area (Å²) in [6.07, 6.45) is -0.113. The first-order chi connectivity index (χ1) is 21.5. The van der Waals surface area contributed by atoms with Gasteiger partial charge in [0.2, 0.25) is 5.88 Å². The lowest BCUT2D eigenvalue weighted by atomic mass is 10.1. The van der Waals surface area contributed by atoms with Crippen LogP contribution in [-0.2, 0) is 4.74 Å². The molecule has 5 aromatic rings. The highest BCUT2D eigenvalue weighted by Gasteiger charge is 2.22. The third kappa shape index (κ3) is 7.41. The zero-order valence-electron chi connectivity index (χ0n) is 25.1. The van der Waals surface area contributed by atoms with Crippen LogP contribution in [0.1, 0.15) is 36.8 Å². The fraction of sp³-hybridized carbons (Fsp3) is 0.290. The van der Waals surface area contributed by atoms with Crippen LogP contribution in [0.25, 0.3) is 31.8 Å². The fourth-order valence-electron chi connectivity index (χ4n) is 4.32. The number of hydrogen-bond acceptors (Lipinski definition) is 11. The lowest BCUT2D eigenvalue weighted by molar-refractivity contribution is 0.0402. The molecule has 0 saturated heterocycles. The number of nitrogens with zero attached hydrogens (tertiary/aromatic N) is 4. The van der Waals surface area contributed by atoms with Crippen molar-refractivity contribution in [3.8, 4) is 22.2 Å². The minimum absolute atomic E-state index is 0.0123. The highest BCUT2D eigenvalue weighted by Crippen LogP contribution is 2.37. The number of fused-ring (bicyclic) bond motifs is 2. The van der Waals surface area contributed by atoms with Crippen LogP contribution in [-0.4, -0.2) is 69.0 Å². The maximum absolute atomic E-state index is 15.1. The van der Waals surface area contributed by atoms with Crippen LogP contribution in [0, 0.1) is 12.7 Å². The Balaban J connectivity index is 1.27. The Kier molecular flexibility index (Phi) is 9.34. The van der Waals surface area contributed by atoms with Crippen molar-refractivity contribution in [1.29, 1.82) is 0 Å². The summed E-state index contributed by atoms with van der Waals surface area (Å²) >= 11 is 1.36. The number of thiazole rings is 1. The molecular weight excluding hydrogens is 603 g/mol. The number of aliphatic hydroxyl groups is 1. The Labute approximate surface area is 261 Å². The Morgan fingerprint density at radius 3 is 2.60 bits per heavy atom.